The summed E-state index contributed by atoms with van der Waals surface area (Å²) in [4.78, 5) is 0. The summed E-state index contributed by atoms with van der Waals surface area (Å²) >= 11 is 0. The summed E-state index contributed by atoms with van der Waals surface area (Å²) in [7, 11) is 0. The predicted octanol–water partition coefficient (Wildman–Crippen LogP) is 0.667. The topological polar surface area (TPSA) is 60.1 Å². The van der Waals surface area contributed by atoms with Gasteiger partial charge in [-0.1, -0.05) is 12.2 Å². The predicted molar refractivity (Wildman–Crippen MR) is 36.1 cm³/mol. The minimum Gasteiger partial charge on any atom is -0.322 e. The molecule has 3 heteroatoms. The van der Waals surface area contributed by atoms with E-state index in [1.807, 2.05) is 12.1 Å². The second-order valence-corrected chi connectivity index (χ2v) is 2.52. The fourth-order valence-electron chi connectivity index (χ4n) is 1.21. The van der Waals surface area contributed by atoms with Gasteiger partial charge in [0, 0.05) is 0 Å². The maximum absolute atomic E-state index is 8.68. The maximum Gasteiger partial charge on any atom is 0.221 e. The number of rotatable bonds is 0. The summed E-state index contributed by atoms with van der Waals surface area (Å²) < 4.78 is 5.06. The molecule has 0 radical (unpaired) electrons. The van der Waals surface area contributed by atoms with E-state index in [-0.39, 0.29) is 0 Å². The molecule has 1 aliphatic heterocycles. The zero-order chi connectivity index (χ0) is 7.95. The highest BCUT2D eigenvalue weighted by Gasteiger charge is 2.70. The van der Waals surface area contributed by atoms with Gasteiger partial charge in [0.25, 0.3) is 0 Å². The van der Waals surface area contributed by atoms with E-state index in [2.05, 4.69) is 0 Å². The Balaban J connectivity index is 2.49. The van der Waals surface area contributed by atoms with Crippen LogP contribution >= 0.6 is 0 Å². The van der Waals surface area contributed by atoms with Crippen molar-refractivity contribution in [3.63, 3.8) is 0 Å². The third-order valence-electron chi connectivity index (χ3n) is 1.94. The van der Waals surface area contributed by atoms with Crippen molar-refractivity contribution in [3.8, 4) is 12.1 Å². The SMILES string of the molecule is N#CC12C=CC=CC1(C#N)O2. The van der Waals surface area contributed by atoms with Crippen LogP contribution in [0.3, 0.4) is 0 Å². The molecule has 0 amide bonds. The van der Waals surface area contributed by atoms with Crippen LogP contribution in [0.2, 0.25) is 0 Å². The van der Waals surface area contributed by atoms with Crippen LogP contribution in [0.5, 0.6) is 0 Å². The number of nitrogens with zero attached hydrogens (tertiary/aromatic N) is 2. The summed E-state index contributed by atoms with van der Waals surface area (Å²) in [6.07, 6.45) is 6.64. The van der Waals surface area contributed by atoms with Crippen LogP contribution in [0.25, 0.3) is 0 Å². The Hall–Kier alpha value is -1.58. The lowest BCUT2D eigenvalue weighted by Gasteiger charge is -2.00. The molecule has 11 heavy (non-hydrogen) atoms. The molecule has 1 aliphatic carbocycles. The molecular formula is C8H4N2O. The molecule has 2 aliphatic rings. The first-order valence-electron chi connectivity index (χ1n) is 3.18. The number of hydrogen-bond acceptors (Lipinski definition) is 3. The van der Waals surface area contributed by atoms with Gasteiger partial charge in [0.2, 0.25) is 11.2 Å². The summed E-state index contributed by atoms with van der Waals surface area (Å²) in [5.74, 6) is 0. The molecule has 1 heterocycles. The summed E-state index contributed by atoms with van der Waals surface area (Å²) in [6.45, 7) is 0. The molecule has 52 valence electrons. The van der Waals surface area contributed by atoms with E-state index in [9.17, 15) is 0 Å². The van der Waals surface area contributed by atoms with Crippen molar-refractivity contribution in [2.45, 2.75) is 11.2 Å². The fourth-order valence-corrected chi connectivity index (χ4v) is 1.21. The van der Waals surface area contributed by atoms with Gasteiger partial charge in [-0.3, -0.25) is 0 Å². The van der Waals surface area contributed by atoms with Crippen LogP contribution in [0.15, 0.2) is 24.3 Å². The highest BCUT2D eigenvalue weighted by molar-refractivity contribution is 5.51. The van der Waals surface area contributed by atoms with Gasteiger partial charge in [-0.05, 0) is 12.2 Å². The normalized spacial score (nSPS) is 43.8. The van der Waals surface area contributed by atoms with Gasteiger partial charge < -0.3 is 4.74 Å². The van der Waals surface area contributed by atoms with Crippen molar-refractivity contribution in [1.82, 2.24) is 0 Å². The van der Waals surface area contributed by atoms with Gasteiger partial charge in [-0.25, -0.2) is 0 Å². The van der Waals surface area contributed by atoms with E-state index in [4.69, 9.17) is 15.3 Å². The van der Waals surface area contributed by atoms with Crippen LogP contribution in [-0.4, -0.2) is 11.2 Å². The Bertz CT molecular complexity index is 310. The van der Waals surface area contributed by atoms with Crippen LogP contribution < -0.4 is 0 Å². The van der Waals surface area contributed by atoms with E-state index in [1.54, 1.807) is 24.3 Å². The Morgan fingerprint density at radius 2 is 1.45 bits per heavy atom. The maximum atomic E-state index is 8.68. The van der Waals surface area contributed by atoms with Crippen molar-refractivity contribution in [3.05, 3.63) is 24.3 Å². The van der Waals surface area contributed by atoms with Crippen LogP contribution in [0.1, 0.15) is 0 Å². The van der Waals surface area contributed by atoms with Gasteiger partial charge in [0.15, 0.2) is 0 Å². The number of ether oxygens (including phenoxy) is 1. The second-order valence-electron chi connectivity index (χ2n) is 2.52. The molecule has 0 bridgehead atoms. The monoisotopic (exact) mass is 144 g/mol. The number of fused-ring (bicyclic) bond motifs is 1. The zero-order valence-corrected chi connectivity index (χ0v) is 5.61. The standard InChI is InChI=1S/C8H4N2O/c9-5-7-3-1-2-4-8(7,6-10)11-7/h1-4H. The molecule has 0 spiro atoms. The van der Waals surface area contributed by atoms with Gasteiger partial charge in [-0.15, -0.1) is 0 Å². The van der Waals surface area contributed by atoms with Gasteiger partial charge in [-0.2, -0.15) is 10.5 Å². The lowest BCUT2D eigenvalue weighted by molar-refractivity contribution is 0.356. The molecule has 1 saturated heterocycles. The van der Waals surface area contributed by atoms with Crippen molar-refractivity contribution >= 4 is 0 Å². The van der Waals surface area contributed by atoms with Crippen molar-refractivity contribution in [2.75, 3.05) is 0 Å². The van der Waals surface area contributed by atoms with Crippen LogP contribution in [0.4, 0.5) is 0 Å². The minimum atomic E-state index is -0.990. The van der Waals surface area contributed by atoms with E-state index < -0.39 is 11.2 Å². The minimum absolute atomic E-state index is 0.990. The van der Waals surface area contributed by atoms with E-state index >= 15 is 0 Å². The summed E-state index contributed by atoms with van der Waals surface area (Å²) in [6, 6.07) is 3.93. The smallest absolute Gasteiger partial charge is 0.221 e. The molecule has 0 N–H and O–H groups in total. The lowest BCUT2D eigenvalue weighted by atomic mass is 9.91. The summed E-state index contributed by atoms with van der Waals surface area (Å²) in [5.41, 5.74) is -1.98. The quantitative estimate of drug-likeness (QED) is 0.469. The first-order valence-corrected chi connectivity index (χ1v) is 3.18. The highest BCUT2D eigenvalue weighted by atomic mass is 16.6. The Morgan fingerprint density at radius 1 is 1.00 bits per heavy atom. The largest absolute Gasteiger partial charge is 0.322 e. The fraction of sp³-hybridized carbons (Fsp3) is 0.250. The number of nitriles is 2. The number of allylic oxidation sites excluding steroid dienone is 2. The third-order valence-corrected chi connectivity index (χ3v) is 1.94. The van der Waals surface area contributed by atoms with Gasteiger partial charge in [0.05, 0.1) is 0 Å². The van der Waals surface area contributed by atoms with Crippen LogP contribution in [-0.2, 0) is 4.74 Å². The van der Waals surface area contributed by atoms with Crippen molar-refractivity contribution in [1.29, 1.82) is 10.5 Å². The molecule has 0 aromatic heterocycles. The number of hydrogen-bond donors (Lipinski definition) is 0. The third kappa shape index (κ3) is 0.497. The first kappa shape index (κ1) is 6.15. The Morgan fingerprint density at radius 3 is 1.82 bits per heavy atom. The molecule has 0 aromatic carbocycles. The highest BCUT2D eigenvalue weighted by Crippen LogP contribution is 2.51. The average Bonchev–Trinajstić information content (AvgIpc) is 2.75. The lowest BCUT2D eigenvalue weighted by Crippen LogP contribution is -2.20. The van der Waals surface area contributed by atoms with Crippen LogP contribution in [0, 0.1) is 22.7 Å². The molecule has 2 unspecified atom stereocenters. The van der Waals surface area contributed by atoms with Gasteiger partial charge >= 0.3 is 0 Å². The van der Waals surface area contributed by atoms with Gasteiger partial charge in [0.1, 0.15) is 12.1 Å². The number of epoxide rings is 1. The molecule has 1 fully saturated rings. The van der Waals surface area contributed by atoms with E-state index in [1.165, 1.54) is 0 Å². The molecule has 3 nitrogen and oxygen atoms in total. The zero-order valence-electron chi connectivity index (χ0n) is 5.61. The molecular weight excluding hydrogens is 140 g/mol. The second kappa shape index (κ2) is 1.53. The van der Waals surface area contributed by atoms with Crippen molar-refractivity contribution < 1.29 is 4.74 Å². The first-order chi connectivity index (χ1) is 5.29. The Kier molecular flexibility index (Phi) is 0.854. The Labute approximate surface area is 63.8 Å². The molecule has 2 rings (SSSR count). The molecule has 2 atom stereocenters. The summed E-state index contributed by atoms with van der Waals surface area (Å²) in [5, 5.41) is 17.4. The van der Waals surface area contributed by atoms with Crippen molar-refractivity contribution in [2.24, 2.45) is 0 Å². The van der Waals surface area contributed by atoms with E-state index in [0.29, 0.717) is 0 Å². The average molecular weight is 144 g/mol. The molecule has 0 saturated carbocycles. The van der Waals surface area contributed by atoms with E-state index in [0.717, 1.165) is 0 Å². The molecule has 0 aromatic rings.